The molecule has 0 fully saturated rings. The van der Waals surface area contributed by atoms with Crippen LogP contribution in [0.15, 0.2) is 12.1 Å². The Bertz CT molecular complexity index is 381. The van der Waals surface area contributed by atoms with Crippen molar-refractivity contribution in [3.63, 3.8) is 0 Å². The molecule has 0 aromatic heterocycles. The van der Waals surface area contributed by atoms with Gasteiger partial charge in [0.2, 0.25) is 0 Å². The topological polar surface area (TPSA) is 46.5 Å². The second-order valence-corrected chi connectivity index (χ2v) is 3.91. The van der Waals surface area contributed by atoms with Gasteiger partial charge in [-0.2, -0.15) is 0 Å². The van der Waals surface area contributed by atoms with Crippen LogP contribution < -0.4 is 4.74 Å². The lowest BCUT2D eigenvalue weighted by Crippen LogP contribution is -2.03. The summed E-state index contributed by atoms with van der Waals surface area (Å²) in [7, 11) is 0. The Labute approximate surface area is 89.7 Å². The van der Waals surface area contributed by atoms with E-state index in [1.165, 1.54) is 6.92 Å². The van der Waals surface area contributed by atoms with Gasteiger partial charge in [0.15, 0.2) is 0 Å². The number of aromatic hydroxyl groups is 1. The van der Waals surface area contributed by atoms with E-state index in [2.05, 4.69) is 0 Å². The Morgan fingerprint density at radius 3 is 2.47 bits per heavy atom. The van der Waals surface area contributed by atoms with Crippen LogP contribution in [0, 0.1) is 6.92 Å². The molecule has 0 saturated carbocycles. The van der Waals surface area contributed by atoms with Crippen LogP contribution in [0.2, 0.25) is 0 Å². The first kappa shape index (κ1) is 11.6. The Morgan fingerprint density at radius 2 is 2.00 bits per heavy atom. The molecule has 1 N–H and O–H groups in total. The fourth-order valence-corrected chi connectivity index (χ4v) is 1.29. The molecule has 0 amide bonds. The predicted octanol–water partition coefficient (Wildman–Crippen LogP) is 2.75. The molecule has 0 atom stereocenters. The van der Waals surface area contributed by atoms with Crippen molar-refractivity contribution in [2.24, 2.45) is 0 Å². The van der Waals surface area contributed by atoms with Gasteiger partial charge < -0.3 is 9.84 Å². The number of phenolic OH excluding ortho intramolecular Hbond substituents is 1. The third-order valence-corrected chi connectivity index (χ3v) is 2.28. The second-order valence-electron chi connectivity index (χ2n) is 3.91. The van der Waals surface area contributed by atoms with Crippen LogP contribution in [0.25, 0.3) is 0 Å². The van der Waals surface area contributed by atoms with Gasteiger partial charge in [-0.15, -0.1) is 0 Å². The van der Waals surface area contributed by atoms with Gasteiger partial charge in [-0.05, 0) is 30.5 Å². The number of hydrogen-bond donors (Lipinski definition) is 1. The largest absolute Gasteiger partial charge is 0.508 e. The average molecular weight is 208 g/mol. The Kier molecular flexibility index (Phi) is 3.35. The molecule has 82 valence electrons. The van der Waals surface area contributed by atoms with E-state index in [1.807, 2.05) is 13.8 Å². The first-order valence-electron chi connectivity index (χ1n) is 4.93. The van der Waals surface area contributed by atoms with E-state index >= 15 is 0 Å². The van der Waals surface area contributed by atoms with Gasteiger partial charge in [0.05, 0.1) is 0 Å². The van der Waals surface area contributed by atoms with Gasteiger partial charge in [0.1, 0.15) is 11.5 Å². The molecular weight excluding hydrogens is 192 g/mol. The van der Waals surface area contributed by atoms with Crippen molar-refractivity contribution in [2.45, 2.75) is 33.6 Å². The number of benzene rings is 1. The molecule has 0 bridgehead atoms. The van der Waals surface area contributed by atoms with Crippen LogP contribution in [0.4, 0.5) is 0 Å². The summed E-state index contributed by atoms with van der Waals surface area (Å²) in [4.78, 5) is 10.9. The minimum atomic E-state index is -0.376. The van der Waals surface area contributed by atoms with Crippen molar-refractivity contribution in [1.82, 2.24) is 0 Å². The molecule has 0 saturated heterocycles. The number of phenols is 1. The Hall–Kier alpha value is -1.51. The van der Waals surface area contributed by atoms with Crippen LogP contribution in [0.1, 0.15) is 37.8 Å². The third kappa shape index (κ3) is 2.72. The molecule has 1 aromatic carbocycles. The van der Waals surface area contributed by atoms with Crippen molar-refractivity contribution in [1.29, 1.82) is 0 Å². The third-order valence-electron chi connectivity index (χ3n) is 2.28. The molecule has 3 nitrogen and oxygen atoms in total. The summed E-state index contributed by atoms with van der Waals surface area (Å²) >= 11 is 0. The molecule has 15 heavy (non-hydrogen) atoms. The summed E-state index contributed by atoms with van der Waals surface area (Å²) in [5, 5.41) is 9.65. The molecule has 0 spiro atoms. The van der Waals surface area contributed by atoms with Gasteiger partial charge in [0.25, 0.3) is 0 Å². The molecule has 0 radical (unpaired) electrons. The summed E-state index contributed by atoms with van der Waals surface area (Å²) in [6.45, 7) is 7.10. The summed E-state index contributed by atoms with van der Waals surface area (Å²) in [6, 6.07) is 3.49. The van der Waals surface area contributed by atoms with Gasteiger partial charge in [-0.1, -0.05) is 13.8 Å². The molecule has 3 heteroatoms. The molecule has 0 aliphatic heterocycles. The lowest BCUT2D eigenvalue weighted by atomic mass is 10.0. The lowest BCUT2D eigenvalue weighted by Gasteiger charge is -2.12. The van der Waals surface area contributed by atoms with Gasteiger partial charge in [-0.25, -0.2) is 0 Å². The molecule has 0 heterocycles. The zero-order valence-electron chi connectivity index (χ0n) is 9.50. The number of hydrogen-bond acceptors (Lipinski definition) is 3. The van der Waals surface area contributed by atoms with Crippen molar-refractivity contribution in [3.05, 3.63) is 23.3 Å². The number of carbonyl (C=O) groups is 1. The van der Waals surface area contributed by atoms with Crippen LogP contribution in [0.5, 0.6) is 11.5 Å². The highest BCUT2D eigenvalue weighted by molar-refractivity contribution is 5.70. The molecule has 1 aromatic rings. The minimum Gasteiger partial charge on any atom is -0.508 e. The SMILES string of the molecule is CC(=O)Oc1cc(C(C)C)cc(O)c1C. The van der Waals surface area contributed by atoms with Gasteiger partial charge >= 0.3 is 5.97 Å². The minimum absolute atomic E-state index is 0.164. The number of rotatable bonds is 2. The fraction of sp³-hybridized carbons (Fsp3) is 0.417. The lowest BCUT2D eigenvalue weighted by molar-refractivity contribution is -0.131. The number of carbonyl (C=O) groups excluding carboxylic acids is 1. The quantitative estimate of drug-likeness (QED) is 0.600. The molecule has 0 aliphatic rings. The zero-order chi connectivity index (χ0) is 11.6. The molecule has 0 aliphatic carbocycles. The summed E-state index contributed by atoms with van der Waals surface area (Å²) in [5.41, 5.74) is 1.55. The highest BCUT2D eigenvalue weighted by Crippen LogP contribution is 2.31. The normalized spacial score (nSPS) is 10.5. The van der Waals surface area contributed by atoms with E-state index in [9.17, 15) is 9.90 Å². The highest BCUT2D eigenvalue weighted by atomic mass is 16.5. The van der Waals surface area contributed by atoms with Crippen molar-refractivity contribution in [2.75, 3.05) is 0 Å². The van der Waals surface area contributed by atoms with Crippen molar-refractivity contribution < 1.29 is 14.6 Å². The fourth-order valence-electron chi connectivity index (χ4n) is 1.29. The summed E-state index contributed by atoms with van der Waals surface area (Å²) in [5.74, 6) is 0.507. The van der Waals surface area contributed by atoms with Crippen LogP contribution in [-0.2, 0) is 4.79 Å². The highest BCUT2D eigenvalue weighted by Gasteiger charge is 2.11. The van der Waals surface area contributed by atoms with E-state index in [0.717, 1.165) is 5.56 Å². The van der Waals surface area contributed by atoms with Crippen molar-refractivity contribution in [3.8, 4) is 11.5 Å². The average Bonchev–Trinajstić information content (AvgIpc) is 2.11. The molecular formula is C12H16O3. The van der Waals surface area contributed by atoms with E-state index < -0.39 is 0 Å². The van der Waals surface area contributed by atoms with Gasteiger partial charge in [-0.3, -0.25) is 4.79 Å². The van der Waals surface area contributed by atoms with Gasteiger partial charge in [0, 0.05) is 12.5 Å². The number of ether oxygens (including phenoxy) is 1. The summed E-state index contributed by atoms with van der Waals surface area (Å²) in [6.07, 6.45) is 0. The first-order valence-corrected chi connectivity index (χ1v) is 4.93. The zero-order valence-corrected chi connectivity index (χ0v) is 9.50. The van der Waals surface area contributed by atoms with Crippen LogP contribution >= 0.6 is 0 Å². The predicted molar refractivity (Wildman–Crippen MR) is 58.2 cm³/mol. The van der Waals surface area contributed by atoms with E-state index in [0.29, 0.717) is 11.3 Å². The summed E-state index contributed by atoms with van der Waals surface area (Å²) < 4.78 is 5.02. The first-order chi connectivity index (χ1) is 6.91. The van der Waals surface area contributed by atoms with Crippen molar-refractivity contribution >= 4 is 5.97 Å². The van der Waals surface area contributed by atoms with E-state index in [1.54, 1.807) is 19.1 Å². The standard InChI is InChI=1S/C12H16O3/c1-7(2)10-5-11(14)8(3)12(6-10)15-9(4)13/h5-7,14H,1-4H3. The molecule has 1 rings (SSSR count). The van der Waals surface area contributed by atoms with E-state index in [4.69, 9.17) is 4.74 Å². The number of esters is 1. The smallest absolute Gasteiger partial charge is 0.308 e. The van der Waals surface area contributed by atoms with E-state index in [-0.39, 0.29) is 17.6 Å². The monoisotopic (exact) mass is 208 g/mol. The molecule has 0 unspecified atom stereocenters. The maximum atomic E-state index is 10.9. The Morgan fingerprint density at radius 1 is 1.40 bits per heavy atom. The maximum Gasteiger partial charge on any atom is 0.308 e. The Balaban J connectivity index is 3.18. The maximum absolute atomic E-state index is 10.9. The van der Waals surface area contributed by atoms with Crippen LogP contribution in [0.3, 0.4) is 0 Å². The van der Waals surface area contributed by atoms with Crippen LogP contribution in [-0.4, -0.2) is 11.1 Å². The second kappa shape index (κ2) is 4.34.